The average molecular weight is 337 g/mol. The Morgan fingerprint density at radius 3 is 2.08 bits per heavy atom. The number of nitrogens with zero attached hydrogens (tertiary/aromatic N) is 1. The molecular formula is C21H23NO3. The molecule has 3 rings (SSSR count). The summed E-state index contributed by atoms with van der Waals surface area (Å²) >= 11 is 0. The van der Waals surface area contributed by atoms with Crippen molar-refractivity contribution in [2.45, 2.75) is 25.9 Å². The minimum atomic E-state index is -0.710. The monoisotopic (exact) mass is 337 g/mol. The maximum atomic E-state index is 12.4. The molecule has 2 aromatic rings. The summed E-state index contributed by atoms with van der Waals surface area (Å²) < 4.78 is 5.33. The normalized spacial score (nSPS) is 13.9. The molecule has 1 atom stereocenters. The fourth-order valence-electron chi connectivity index (χ4n) is 3.33. The van der Waals surface area contributed by atoms with Crippen LogP contribution in [0.25, 0.3) is 11.1 Å². The average Bonchev–Trinajstić information content (AvgIpc) is 2.93. The predicted molar refractivity (Wildman–Crippen MR) is 97.5 cm³/mol. The largest absolute Gasteiger partial charge is 0.438 e. The molecule has 0 saturated carbocycles. The van der Waals surface area contributed by atoms with Crippen molar-refractivity contribution >= 4 is 12.4 Å². The van der Waals surface area contributed by atoms with Crippen LogP contribution in [0.3, 0.4) is 0 Å². The van der Waals surface area contributed by atoms with Gasteiger partial charge in [0, 0.05) is 19.5 Å². The zero-order chi connectivity index (χ0) is 18.0. The van der Waals surface area contributed by atoms with Gasteiger partial charge in [-0.15, -0.1) is 0 Å². The van der Waals surface area contributed by atoms with E-state index in [9.17, 15) is 9.59 Å². The quantitative estimate of drug-likeness (QED) is 0.772. The fourth-order valence-corrected chi connectivity index (χ4v) is 3.33. The van der Waals surface area contributed by atoms with Crippen molar-refractivity contribution in [2.75, 3.05) is 13.6 Å². The van der Waals surface area contributed by atoms with E-state index in [1.54, 1.807) is 11.9 Å². The maximum absolute atomic E-state index is 12.4. The van der Waals surface area contributed by atoms with Crippen molar-refractivity contribution in [3.63, 3.8) is 0 Å². The lowest BCUT2D eigenvalue weighted by Gasteiger charge is -2.24. The molecule has 0 spiro atoms. The lowest BCUT2D eigenvalue weighted by Crippen LogP contribution is -2.36. The number of amides is 1. The second kappa shape index (κ2) is 7.09. The molecule has 25 heavy (non-hydrogen) atoms. The summed E-state index contributed by atoms with van der Waals surface area (Å²) in [6.45, 7) is 4.22. The smallest absolute Gasteiger partial charge is 0.410 e. The van der Waals surface area contributed by atoms with Crippen molar-refractivity contribution in [2.24, 2.45) is 5.92 Å². The first kappa shape index (κ1) is 17.2. The highest BCUT2D eigenvalue weighted by molar-refractivity contribution is 5.79. The highest BCUT2D eigenvalue weighted by Gasteiger charge is 2.30. The molecule has 0 N–H and O–H groups in total. The molecule has 0 unspecified atom stereocenters. The number of carbonyl (C=O) groups is 2. The predicted octanol–water partition coefficient (Wildman–Crippen LogP) is 4.09. The molecule has 0 radical (unpaired) electrons. The number of ether oxygens (including phenoxy) is 1. The molecule has 0 bridgehead atoms. The Kier molecular flexibility index (Phi) is 4.88. The lowest BCUT2D eigenvalue weighted by atomic mass is 9.96. The molecule has 0 aliphatic heterocycles. The van der Waals surface area contributed by atoms with Gasteiger partial charge in [0.1, 0.15) is 0 Å². The van der Waals surface area contributed by atoms with E-state index in [-0.39, 0.29) is 11.8 Å². The number of rotatable bonds is 5. The SMILES string of the molecule is CC(C)[C@@H](C=O)OC(=O)N(C)CC1c2ccccc2-c2ccccc21. The van der Waals surface area contributed by atoms with Crippen LogP contribution in [-0.4, -0.2) is 37.0 Å². The van der Waals surface area contributed by atoms with Crippen molar-refractivity contribution in [1.29, 1.82) is 0 Å². The van der Waals surface area contributed by atoms with E-state index in [2.05, 4.69) is 24.3 Å². The van der Waals surface area contributed by atoms with Gasteiger partial charge in [0.15, 0.2) is 12.4 Å². The number of fused-ring (bicyclic) bond motifs is 3. The van der Waals surface area contributed by atoms with Crippen LogP contribution in [0.1, 0.15) is 30.9 Å². The second-order valence-electron chi connectivity index (χ2n) is 6.84. The molecule has 1 aliphatic carbocycles. The highest BCUT2D eigenvalue weighted by atomic mass is 16.6. The van der Waals surface area contributed by atoms with E-state index in [1.165, 1.54) is 22.3 Å². The first-order chi connectivity index (χ1) is 12.0. The number of hydrogen-bond acceptors (Lipinski definition) is 3. The van der Waals surface area contributed by atoms with E-state index < -0.39 is 12.2 Å². The van der Waals surface area contributed by atoms with Gasteiger partial charge in [-0.3, -0.25) is 4.79 Å². The summed E-state index contributed by atoms with van der Waals surface area (Å²) in [6.07, 6.45) is -0.484. The Balaban J connectivity index is 1.81. The summed E-state index contributed by atoms with van der Waals surface area (Å²) in [6, 6.07) is 16.6. The van der Waals surface area contributed by atoms with Crippen LogP contribution in [0.5, 0.6) is 0 Å². The first-order valence-corrected chi connectivity index (χ1v) is 8.58. The van der Waals surface area contributed by atoms with Gasteiger partial charge in [-0.05, 0) is 28.2 Å². The van der Waals surface area contributed by atoms with Crippen molar-refractivity contribution < 1.29 is 14.3 Å². The van der Waals surface area contributed by atoms with Crippen LogP contribution in [0.4, 0.5) is 4.79 Å². The third-order valence-electron chi connectivity index (χ3n) is 4.76. The summed E-state index contributed by atoms with van der Waals surface area (Å²) in [5.74, 6) is 0.0708. The number of hydrogen-bond donors (Lipinski definition) is 0. The Bertz CT molecular complexity index is 739. The van der Waals surface area contributed by atoms with Crippen molar-refractivity contribution in [1.82, 2.24) is 4.90 Å². The molecule has 4 nitrogen and oxygen atoms in total. The molecule has 4 heteroatoms. The van der Waals surface area contributed by atoms with Gasteiger partial charge in [-0.25, -0.2) is 4.79 Å². The third kappa shape index (κ3) is 3.29. The minimum Gasteiger partial charge on any atom is -0.438 e. The molecule has 0 fully saturated rings. The van der Waals surface area contributed by atoms with Crippen molar-refractivity contribution in [3.05, 3.63) is 59.7 Å². The summed E-state index contributed by atoms with van der Waals surface area (Å²) in [4.78, 5) is 25.0. The topological polar surface area (TPSA) is 46.6 Å². The number of benzene rings is 2. The summed E-state index contributed by atoms with van der Waals surface area (Å²) in [7, 11) is 1.72. The Hall–Kier alpha value is -2.62. The number of likely N-dealkylation sites (N-methyl/N-ethyl adjacent to an activating group) is 1. The minimum absolute atomic E-state index is 0.0391. The molecule has 0 heterocycles. The Morgan fingerprint density at radius 1 is 1.08 bits per heavy atom. The summed E-state index contributed by atoms with van der Waals surface area (Å²) in [5.41, 5.74) is 4.88. The molecule has 0 aromatic heterocycles. The lowest BCUT2D eigenvalue weighted by molar-refractivity contribution is -0.117. The van der Waals surface area contributed by atoms with Crippen LogP contribution in [0.2, 0.25) is 0 Å². The third-order valence-corrected chi connectivity index (χ3v) is 4.76. The molecule has 130 valence electrons. The second-order valence-corrected chi connectivity index (χ2v) is 6.84. The number of aldehydes is 1. The van der Waals surface area contributed by atoms with Crippen LogP contribution in [-0.2, 0) is 9.53 Å². The van der Waals surface area contributed by atoms with E-state index in [1.807, 2.05) is 38.1 Å². The van der Waals surface area contributed by atoms with Crippen LogP contribution < -0.4 is 0 Å². The standard InChI is InChI=1S/C21H23NO3/c1-14(2)20(13-23)25-21(24)22(3)12-19-17-10-6-4-8-15(17)16-9-5-7-11-18(16)19/h4-11,13-14,19-20H,12H2,1-3H3/t20-/m1/s1. The van der Waals surface area contributed by atoms with Crippen molar-refractivity contribution in [3.8, 4) is 11.1 Å². The van der Waals surface area contributed by atoms with Crippen LogP contribution in [0.15, 0.2) is 48.5 Å². The Morgan fingerprint density at radius 2 is 1.60 bits per heavy atom. The molecule has 1 aliphatic rings. The zero-order valence-corrected chi connectivity index (χ0v) is 14.8. The zero-order valence-electron chi connectivity index (χ0n) is 14.8. The molecule has 0 saturated heterocycles. The summed E-state index contributed by atoms with van der Waals surface area (Å²) in [5, 5.41) is 0. The van der Waals surface area contributed by atoms with E-state index in [0.717, 1.165) is 0 Å². The van der Waals surface area contributed by atoms with Gasteiger partial charge >= 0.3 is 6.09 Å². The van der Waals surface area contributed by atoms with Crippen LogP contribution in [0, 0.1) is 5.92 Å². The van der Waals surface area contributed by atoms with Crippen LogP contribution >= 0.6 is 0 Å². The van der Waals surface area contributed by atoms with E-state index in [0.29, 0.717) is 12.8 Å². The van der Waals surface area contributed by atoms with Gasteiger partial charge in [-0.2, -0.15) is 0 Å². The van der Waals surface area contributed by atoms with E-state index >= 15 is 0 Å². The maximum Gasteiger partial charge on any atom is 0.410 e. The van der Waals surface area contributed by atoms with Gasteiger partial charge in [-0.1, -0.05) is 62.4 Å². The van der Waals surface area contributed by atoms with E-state index in [4.69, 9.17) is 4.74 Å². The van der Waals surface area contributed by atoms with Gasteiger partial charge < -0.3 is 9.64 Å². The molecule has 2 aromatic carbocycles. The van der Waals surface area contributed by atoms with Gasteiger partial charge in [0.05, 0.1) is 0 Å². The van der Waals surface area contributed by atoms with Gasteiger partial charge in [0.25, 0.3) is 0 Å². The van der Waals surface area contributed by atoms with Gasteiger partial charge in [0.2, 0.25) is 0 Å². The first-order valence-electron chi connectivity index (χ1n) is 8.58. The molecule has 1 amide bonds. The molecular weight excluding hydrogens is 314 g/mol. The fraction of sp³-hybridized carbons (Fsp3) is 0.333. The number of carbonyl (C=O) groups excluding carboxylic acids is 2. The Labute approximate surface area is 148 Å². The highest BCUT2D eigenvalue weighted by Crippen LogP contribution is 2.44.